The normalized spacial score (nSPS) is 8.34. The zero-order valence-corrected chi connectivity index (χ0v) is 20.6. The number of carbonyl (C=O) groups excluding carboxylic acids is 4. The molecule has 2 rings (SSSR count). The van der Waals surface area contributed by atoms with Gasteiger partial charge in [-0.05, 0) is 27.1 Å². The van der Waals surface area contributed by atoms with Crippen molar-refractivity contribution >= 4 is 35.1 Å². The number of hydrogen-bond acceptors (Lipinski definition) is 8. The largest absolute Gasteiger partial charge is 0.846 e. The number of aliphatic carboxylic acids is 2. The summed E-state index contributed by atoms with van der Waals surface area (Å²) in [5.74, 6) is -3.51. The Kier molecular flexibility index (Phi) is 22.9. The summed E-state index contributed by atoms with van der Waals surface area (Å²) >= 11 is 0. The van der Waals surface area contributed by atoms with Crippen molar-refractivity contribution in [3.8, 4) is 0 Å². The summed E-state index contributed by atoms with van der Waals surface area (Å²) in [6.07, 6.45) is 2.19. The number of carbonyl (C=O) groups is 6. The summed E-state index contributed by atoms with van der Waals surface area (Å²) in [6.45, 7) is 0.668. The Balaban J connectivity index is -0.000000419. The van der Waals surface area contributed by atoms with E-state index in [0.29, 0.717) is 11.1 Å². The molecule has 2 aromatic rings. The van der Waals surface area contributed by atoms with Crippen molar-refractivity contribution in [3.63, 3.8) is 0 Å². The Labute approximate surface area is 217 Å². The maximum absolute atomic E-state index is 11.2. The number of hydrogen-bond donors (Lipinski definition) is 2. The van der Waals surface area contributed by atoms with Crippen molar-refractivity contribution in [2.45, 2.75) is 13.8 Å². The van der Waals surface area contributed by atoms with Gasteiger partial charge in [-0.1, -0.05) is 36.4 Å². The van der Waals surface area contributed by atoms with Crippen molar-refractivity contribution in [1.29, 1.82) is 0 Å². The molecule has 0 aromatic heterocycles. The van der Waals surface area contributed by atoms with Crippen molar-refractivity contribution in [2.24, 2.45) is 0 Å². The third-order valence-corrected chi connectivity index (χ3v) is 3.03. The molecule has 0 bridgehead atoms. The Morgan fingerprint density at radius 1 is 0.629 bits per heavy atom. The molecule has 11 heteroatoms. The predicted molar refractivity (Wildman–Crippen MR) is 117 cm³/mol. The van der Waals surface area contributed by atoms with Gasteiger partial charge in [-0.15, -0.1) is 48.2 Å². The number of rotatable bonds is 8. The van der Waals surface area contributed by atoms with Crippen LogP contribution >= 0.6 is 0 Å². The zero-order chi connectivity index (χ0) is 26.5. The predicted octanol–water partition coefficient (Wildman–Crippen LogP) is 0.185. The first kappa shape index (κ1) is 36.0. The van der Waals surface area contributed by atoms with Crippen LogP contribution in [0, 0.1) is 12.8 Å². The molecular weight excluding hydrogens is 496 g/mol. The number of benzene rings is 2. The van der Waals surface area contributed by atoms with E-state index >= 15 is 0 Å². The third-order valence-electron chi connectivity index (χ3n) is 3.03. The molecule has 0 atom stereocenters. The molecule has 0 heterocycles. The zero-order valence-electron chi connectivity index (χ0n) is 19.0. The number of carboxylic acids is 2. The average molecular weight is 520 g/mol. The topological polar surface area (TPSA) is 189 Å². The summed E-state index contributed by atoms with van der Waals surface area (Å²) in [6, 6.07) is 17.4. The Bertz CT molecular complexity index is 850. The fourth-order valence-corrected chi connectivity index (χ4v) is 1.74. The van der Waals surface area contributed by atoms with E-state index in [9.17, 15) is 19.2 Å². The number of ketones is 4. The van der Waals surface area contributed by atoms with Gasteiger partial charge in [0.15, 0.2) is 0 Å². The van der Waals surface area contributed by atoms with Gasteiger partial charge in [0.1, 0.15) is 0 Å². The molecule has 10 nitrogen and oxygen atoms in total. The van der Waals surface area contributed by atoms with E-state index in [1.807, 2.05) is 12.1 Å². The van der Waals surface area contributed by atoms with E-state index < -0.39 is 25.2 Å². The molecule has 0 radical (unpaired) electrons. The molecule has 0 aliphatic rings. The Hall–Kier alpha value is -3.57. The van der Waals surface area contributed by atoms with Crippen LogP contribution in [0.2, 0.25) is 0 Å². The molecule has 35 heavy (non-hydrogen) atoms. The van der Waals surface area contributed by atoms with Crippen molar-refractivity contribution < 1.29 is 70.9 Å². The first-order valence-corrected chi connectivity index (χ1v) is 9.43. The fourth-order valence-electron chi connectivity index (χ4n) is 1.74. The minimum Gasteiger partial charge on any atom is -0.846 e. The smallest absolute Gasteiger partial charge is 0.286 e. The molecule has 0 aliphatic heterocycles. The summed E-state index contributed by atoms with van der Waals surface area (Å²) < 4.78 is 0. The minimum absolute atomic E-state index is 0. The minimum atomic E-state index is -1.30. The second-order valence-corrected chi connectivity index (χ2v) is 6.05. The van der Waals surface area contributed by atoms with Crippen LogP contribution in [0.1, 0.15) is 34.6 Å². The van der Waals surface area contributed by atoms with Crippen LogP contribution in [-0.2, 0) is 40.9 Å². The molecule has 0 spiro atoms. The van der Waals surface area contributed by atoms with Gasteiger partial charge >= 0.3 is 0 Å². The van der Waals surface area contributed by atoms with Gasteiger partial charge < -0.3 is 39.6 Å². The van der Waals surface area contributed by atoms with Gasteiger partial charge in [-0.25, -0.2) is 0 Å². The van der Waals surface area contributed by atoms with Gasteiger partial charge in [-0.2, -0.15) is 0 Å². The molecule has 0 amide bonds. The molecule has 2 aromatic carbocycles. The standard InChI is InChI=1S/2C10H9O2.2C2H3O3.Ti/c2*1-8(11)7-10(12)9-5-3-2-4-6-9;2*3-1-2(4)5;/h2*2-7H,1H3;2*1H2,(H,4,5);/q4*-1;. The van der Waals surface area contributed by atoms with Crippen LogP contribution in [0.4, 0.5) is 0 Å². The first-order chi connectivity index (χ1) is 15.9. The maximum Gasteiger partial charge on any atom is 0.286 e. The molecule has 0 aliphatic carbocycles. The number of Topliss-reactive ketones (excluding diaryl/α,β-unsaturated/α-hetero) is 4. The summed E-state index contributed by atoms with van der Waals surface area (Å²) in [5, 5.41) is 32.9. The van der Waals surface area contributed by atoms with E-state index in [2.05, 4.69) is 0 Å². The molecule has 0 fully saturated rings. The molecule has 188 valence electrons. The van der Waals surface area contributed by atoms with E-state index in [0.717, 1.165) is 12.8 Å². The summed E-state index contributed by atoms with van der Waals surface area (Å²) in [5.41, 5.74) is 1.10. The van der Waals surface area contributed by atoms with E-state index in [4.69, 9.17) is 30.0 Å². The van der Waals surface area contributed by atoms with Crippen LogP contribution in [0.5, 0.6) is 0 Å². The monoisotopic (exact) mass is 520 g/mol. The second-order valence-electron chi connectivity index (χ2n) is 6.05. The number of carboxylic acid groups (broad SMARTS) is 2. The SMILES string of the molecule is CC(=O)[CH-]C(=O)c1ccccc1.CC(=O)[CH-]C(=O)c1ccccc1.O=C(O)C[O-].O=C(O)C[O-].[Ti]. The molecular formula is C24H24O10Ti-4. The van der Waals surface area contributed by atoms with Gasteiger partial charge in [0.05, 0.1) is 11.6 Å². The first-order valence-electron chi connectivity index (χ1n) is 9.43. The summed E-state index contributed by atoms with van der Waals surface area (Å²) in [7, 11) is 0. The molecule has 0 unspecified atom stereocenters. The van der Waals surface area contributed by atoms with Gasteiger partial charge in [0.25, 0.3) is 11.9 Å². The average Bonchev–Trinajstić information content (AvgIpc) is 2.80. The Morgan fingerprint density at radius 2 is 0.857 bits per heavy atom. The van der Waals surface area contributed by atoms with E-state index in [1.165, 1.54) is 13.8 Å². The second kappa shape index (κ2) is 22.2. The van der Waals surface area contributed by atoms with Gasteiger partial charge in [0, 0.05) is 33.3 Å². The fraction of sp³-hybridized carbons (Fsp3) is 0.167. The van der Waals surface area contributed by atoms with Crippen LogP contribution in [0.25, 0.3) is 0 Å². The van der Waals surface area contributed by atoms with Gasteiger partial charge in [-0.3, -0.25) is 9.59 Å². The van der Waals surface area contributed by atoms with E-state index in [-0.39, 0.29) is 44.9 Å². The van der Waals surface area contributed by atoms with Crippen molar-refractivity contribution in [2.75, 3.05) is 13.2 Å². The van der Waals surface area contributed by atoms with Crippen LogP contribution in [0.15, 0.2) is 60.7 Å². The van der Waals surface area contributed by atoms with Crippen molar-refractivity contribution in [3.05, 3.63) is 84.6 Å². The van der Waals surface area contributed by atoms with Gasteiger partial charge in [0.2, 0.25) is 0 Å². The van der Waals surface area contributed by atoms with Crippen LogP contribution in [0.3, 0.4) is 0 Å². The molecule has 0 saturated carbocycles. The van der Waals surface area contributed by atoms with Crippen molar-refractivity contribution in [1.82, 2.24) is 0 Å². The molecule has 2 N–H and O–H groups in total. The Morgan fingerprint density at radius 3 is 1.03 bits per heavy atom. The molecule has 0 saturated heterocycles. The maximum atomic E-state index is 11.2. The third kappa shape index (κ3) is 23.4. The quantitative estimate of drug-likeness (QED) is 0.210. The van der Waals surface area contributed by atoms with Crippen LogP contribution in [-0.4, -0.2) is 58.5 Å². The van der Waals surface area contributed by atoms with E-state index in [1.54, 1.807) is 48.5 Å². The van der Waals surface area contributed by atoms with Crippen LogP contribution < -0.4 is 10.2 Å². The summed E-state index contributed by atoms with van der Waals surface area (Å²) in [4.78, 5) is 61.6.